The molecule has 2 aromatic rings. The van der Waals surface area contributed by atoms with Crippen molar-refractivity contribution in [1.82, 2.24) is 4.90 Å². The second-order valence-corrected chi connectivity index (χ2v) is 6.11. The van der Waals surface area contributed by atoms with Gasteiger partial charge in [0.05, 0.1) is 11.1 Å². The Morgan fingerprint density at radius 1 is 1.22 bits per heavy atom. The molecule has 0 spiro atoms. The Hall–Kier alpha value is -2.40. The number of carbonyl (C=O) groups is 2. The molecule has 0 aliphatic heterocycles. The molecular weight excluding hydrogens is 292 g/mol. The number of amides is 1. The molecule has 0 saturated carbocycles. The van der Waals surface area contributed by atoms with Gasteiger partial charge in [-0.2, -0.15) is 0 Å². The Balaban J connectivity index is 1.75. The topological polar surface area (TPSA) is 62.6 Å². The smallest absolute Gasteiger partial charge is 0.259 e. The molecule has 1 amide bonds. The fourth-order valence-electron chi connectivity index (χ4n) is 2.85. The van der Waals surface area contributed by atoms with Gasteiger partial charge in [0, 0.05) is 25.1 Å². The lowest BCUT2D eigenvalue weighted by atomic mass is 9.94. The standard InChI is InChI=1S/C18H20N2O3/c1-20(2)10-12-6-8-13(9-7-12)19-18(22)14-11-23-16-5-3-4-15(21)17(14)16/h6-9,11H,3-5,10H2,1-2H3,(H,19,22). The van der Waals surface area contributed by atoms with Crippen LogP contribution in [-0.4, -0.2) is 30.7 Å². The number of rotatable bonds is 4. The van der Waals surface area contributed by atoms with Crippen molar-refractivity contribution in [1.29, 1.82) is 0 Å². The molecule has 5 heteroatoms. The van der Waals surface area contributed by atoms with Crippen molar-refractivity contribution in [2.75, 3.05) is 19.4 Å². The first-order chi connectivity index (χ1) is 11.0. The van der Waals surface area contributed by atoms with Gasteiger partial charge in [0.15, 0.2) is 5.78 Å². The summed E-state index contributed by atoms with van der Waals surface area (Å²) in [4.78, 5) is 26.5. The van der Waals surface area contributed by atoms with Gasteiger partial charge >= 0.3 is 0 Å². The van der Waals surface area contributed by atoms with Crippen LogP contribution in [0.1, 0.15) is 44.9 Å². The number of furan rings is 1. The van der Waals surface area contributed by atoms with Crippen molar-refractivity contribution in [3.63, 3.8) is 0 Å². The third kappa shape index (κ3) is 3.35. The van der Waals surface area contributed by atoms with Gasteiger partial charge in [0.1, 0.15) is 12.0 Å². The number of anilines is 1. The third-order valence-electron chi connectivity index (χ3n) is 3.91. The molecule has 1 aliphatic rings. The van der Waals surface area contributed by atoms with E-state index in [4.69, 9.17) is 4.42 Å². The normalized spacial score (nSPS) is 14.0. The van der Waals surface area contributed by atoms with Crippen LogP contribution in [0, 0.1) is 0 Å². The second kappa shape index (κ2) is 6.38. The summed E-state index contributed by atoms with van der Waals surface area (Å²) in [6.07, 6.45) is 3.37. The lowest BCUT2D eigenvalue weighted by Crippen LogP contribution is -2.18. The molecule has 5 nitrogen and oxygen atoms in total. The minimum atomic E-state index is -0.300. The van der Waals surface area contributed by atoms with Crippen molar-refractivity contribution in [2.45, 2.75) is 25.8 Å². The summed E-state index contributed by atoms with van der Waals surface area (Å²) in [7, 11) is 4.02. The summed E-state index contributed by atoms with van der Waals surface area (Å²) in [6, 6.07) is 7.69. The molecule has 0 fully saturated rings. The fraction of sp³-hybridized carbons (Fsp3) is 0.333. The second-order valence-electron chi connectivity index (χ2n) is 6.11. The molecule has 0 unspecified atom stereocenters. The van der Waals surface area contributed by atoms with Crippen LogP contribution in [-0.2, 0) is 13.0 Å². The van der Waals surface area contributed by atoms with Crippen molar-refractivity contribution in [3.8, 4) is 0 Å². The molecule has 0 radical (unpaired) electrons. The van der Waals surface area contributed by atoms with E-state index in [1.54, 1.807) is 0 Å². The summed E-state index contributed by atoms with van der Waals surface area (Å²) in [5.74, 6) is 0.324. The number of ketones is 1. The number of nitrogens with zero attached hydrogens (tertiary/aromatic N) is 1. The molecule has 120 valence electrons. The van der Waals surface area contributed by atoms with E-state index in [1.807, 2.05) is 38.4 Å². The zero-order chi connectivity index (χ0) is 16.4. The van der Waals surface area contributed by atoms with Crippen LogP contribution in [0.3, 0.4) is 0 Å². The average molecular weight is 312 g/mol. The number of aryl methyl sites for hydroxylation is 1. The highest BCUT2D eigenvalue weighted by Gasteiger charge is 2.27. The maximum Gasteiger partial charge on any atom is 0.259 e. The van der Waals surface area contributed by atoms with Gasteiger partial charge < -0.3 is 14.6 Å². The average Bonchev–Trinajstić information content (AvgIpc) is 2.94. The quantitative estimate of drug-likeness (QED) is 0.942. The van der Waals surface area contributed by atoms with Crippen LogP contribution in [0.2, 0.25) is 0 Å². The van der Waals surface area contributed by atoms with Gasteiger partial charge in [-0.1, -0.05) is 12.1 Å². The first-order valence-corrected chi connectivity index (χ1v) is 7.73. The lowest BCUT2D eigenvalue weighted by Gasteiger charge is -2.11. The number of benzene rings is 1. The molecule has 3 rings (SSSR count). The van der Waals surface area contributed by atoms with E-state index in [9.17, 15) is 9.59 Å². The number of Topliss-reactive ketones (excluding diaryl/α,β-unsaturated/α-hetero) is 1. The molecule has 0 bridgehead atoms. The zero-order valence-corrected chi connectivity index (χ0v) is 13.4. The van der Waals surface area contributed by atoms with Gasteiger partial charge in [0.25, 0.3) is 5.91 Å². The van der Waals surface area contributed by atoms with E-state index in [0.717, 1.165) is 13.0 Å². The summed E-state index contributed by atoms with van der Waals surface area (Å²) < 4.78 is 5.39. The van der Waals surface area contributed by atoms with Gasteiger partial charge in [-0.25, -0.2) is 0 Å². The summed E-state index contributed by atoms with van der Waals surface area (Å²) >= 11 is 0. The van der Waals surface area contributed by atoms with Gasteiger partial charge in [-0.15, -0.1) is 0 Å². The molecule has 23 heavy (non-hydrogen) atoms. The number of carbonyl (C=O) groups excluding carboxylic acids is 2. The SMILES string of the molecule is CN(C)Cc1ccc(NC(=O)c2coc3c2C(=O)CCC3)cc1. The van der Waals surface area contributed by atoms with Crippen LogP contribution >= 0.6 is 0 Å². The fourth-order valence-corrected chi connectivity index (χ4v) is 2.85. The molecular formula is C18H20N2O3. The maximum absolute atomic E-state index is 12.4. The first-order valence-electron chi connectivity index (χ1n) is 7.73. The molecule has 1 heterocycles. The molecule has 1 aromatic carbocycles. The predicted octanol–water partition coefficient (Wildman–Crippen LogP) is 3.11. The number of hydrogen-bond acceptors (Lipinski definition) is 4. The highest BCUT2D eigenvalue weighted by atomic mass is 16.3. The van der Waals surface area contributed by atoms with Crippen molar-refractivity contribution < 1.29 is 14.0 Å². The molecule has 0 saturated heterocycles. The van der Waals surface area contributed by atoms with E-state index in [2.05, 4.69) is 10.2 Å². The van der Waals surface area contributed by atoms with Crippen molar-refractivity contribution in [2.24, 2.45) is 0 Å². The maximum atomic E-state index is 12.4. The zero-order valence-electron chi connectivity index (χ0n) is 13.4. The molecule has 1 aromatic heterocycles. The van der Waals surface area contributed by atoms with Crippen LogP contribution in [0.25, 0.3) is 0 Å². The Morgan fingerprint density at radius 2 is 1.96 bits per heavy atom. The van der Waals surface area contributed by atoms with Crippen LogP contribution < -0.4 is 5.32 Å². The van der Waals surface area contributed by atoms with Crippen molar-refractivity contribution in [3.05, 3.63) is 53.0 Å². The summed E-state index contributed by atoms with van der Waals surface area (Å²) in [5, 5.41) is 2.83. The first kappa shape index (κ1) is 15.5. The van der Waals surface area contributed by atoms with Crippen molar-refractivity contribution >= 4 is 17.4 Å². The van der Waals surface area contributed by atoms with Gasteiger partial charge in [0.2, 0.25) is 0 Å². The molecule has 1 N–H and O–H groups in total. The Kier molecular flexibility index (Phi) is 4.30. The van der Waals surface area contributed by atoms with E-state index in [-0.39, 0.29) is 11.7 Å². The largest absolute Gasteiger partial charge is 0.468 e. The van der Waals surface area contributed by atoms with Crippen LogP contribution in [0.4, 0.5) is 5.69 Å². The molecule has 1 aliphatic carbocycles. The monoisotopic (exact) mass is 312 g/mol. The minimum absolute atomic E-state index is 0.00789. The number of fused-ring (bicyclic) bond motifs is 1. The highest BCUT2D eigenvalue weighted by Crippen LogP contribution is 2.27. The summed E-state index contributed by atoms with van der Waals surface area (Å²) in [6.45, 7) is 0.845. The van der Waals surface area contributed by atoms with Gasteiger partial charge in [-0.3, -0.25) is 9.59 Å². The number of hydrogen-bond donors (Lipinski definition) is 1. The lowest BCUT2D eigenvalue weighted by molar-refractivity contribution is 0.0955. The number of nitrogens with one attached hydrogen (secondary N) is 1. The third-order valence-corrected chi connectivity index (χ3v) is 3.91. The Labute approximate surface area is 135 Å². The highest BCUT2D eigenvalue weighted by molar-refractivity contribution is 6.13. The van der Waals surface area contributed by atoms with E-state index in [1.165, 1.54) is 11.8 Å². The van der Waals surface area contributed by atoms with Crippen LogP contribution in [0.5, 0.6) is 0 Å². The van der Waals surface area contributed by atoms with E-state index >= 15 is 0 Å². The summed E-state index contributed by atoms with van der Waals surface area (Å²) in [5.41, 5.74) is 2.67. The van der Waals surface area contributed by atoms with Crippen LogP contribution in [0.15, 0.2) is 34.9 Å². The predicted molar refractivity (Wildman–Crippen MR) is 87.8 cm³/mol. The van der Waals surface area contributed by atoms with E-state index < -0.39 is 0 Å². The molecule has 0 atom stereocenters. The Morgan fingerprint density at radius 3 is 2.65 bits per heavy atom. The van der Waals surface area contributed by atoms with E-state index in [0.29, 0.717) is 35.4 Å². The Bertz CT molecular complexity index is 729. The minimum Gasteiger partial charge on any atom is -0.468 e. The van der Waals surface area contributed by atoms with Gasteiger partial charge in [-0.05, 0) is 38.2 Å².